The molecule has 12 heteroatoms. The lowest BCUT2D eigenvalue weighted by molar-refractivity contribution is 0.0923. The lowest BCUT2D eigenvalue weighted by Gasteiger charge is -2.40. The number of aromatic nitrogens is 6. The Morgan fingerprint density at radius 1 is 1.14 bits per heavy atom. The standard InChI is InChI=1S/C23H32N10O2/c1-14-17(29-22(35)15-9-27-33(12-15)23(2,3)4)7-6-8-32(14)18-11-25-19(20(24)34)21(30-18)28-16-10-26-31(5)13-16/h9-14,17H,6-8H2,1-5H3,(H2,24,34)(H,28,30)(H,29,35)/t14-,17-/m1/s1. The van der Waals surface area contributed by atoms with Crippen LogP contribution >= 0.6 is 0 Å². The first-order valence-corrected chi connectivity index (χ1v) is 11.6. The molecule has 0 radical (unpaired) electrons. The van der Waals surface area contributed by atoms with Crippen LogP contribution in [0.5, 0.6) is 0 Å². The molecule has 0 spiro atoms. The Morgan fingerprint density at radius 2 is 1.91 bits per heavy atom. The van der Waals surface area contributed by atoms with Gasteiger partial charge in [0, 0.05) is 38.1 Å². The van der Waals surface area contributed by atoms with E-state index < -0.39 is 5.91 Å². The number of carbonyl (C=O) groups is 2. The summed E-state index contributed by atoms with van der Waals surface area (Å²) in [5.74, 6) is 0.0146. The number of anilines is 3. The molecule has 0 bridgehead atoms. The molecule has 1 saturated heterocycles. The van der Waals surface area contributed by atoms with Gasteiger partial charge in [-0.05, 0) is 40.5 Å². The van der Waals surface area contributed by atoms with Crippen LogP contribution in [0.4, 0.5) is 17.3 Å². The number of piperidine rings is 1. The molecule has 3 aromatic rings. The highest BCUT2D eigenvalue weighted by Crippen LogP contribution is 2.26. The number of aryl methyl sites for hydroxylation is 1. The van der Waals surface area contributed by atoms with Crippen molar-refractivity contribution >= 4 is 29.1 Å². The fourth-order valence-corrected chi connectivity index (χ4v) is 4.13. The van der Waals surface area contributed by atoms with Crippen molar-refractivity contribution in [3.63, 3.8) is 0 Å². The average molecular weight is 481 g/mol. The molecule has 4 N–H and O–H groups in total. The Morgan fingerprint density at radius 3 is 2.54 bits per heavy atom. The lowest BCUT2D eigenvalue weighted by atomic mass is 9.97. The molecule has 1 aliphatic heterocycles. The highest BCUT2D eigenvalue weighted by molar-refractivity contribution is 5.96. The maximum absolute atomic E-state index is 12.9. The van der Waals surface area contributed by atoms with Crippen LogP contribution in [-0.2, 0) is 12.6 Å². The lowest BCUT2D eigenvalue weighted by Crippen LogP contribution is -2.54. The van der Waals surface area contributed by atoms with Gasteiger partial charge in [-0.1, -0.05) is 0 Å². The van der Waals surface area contributed by atoms with Gasteiger partial charge >= 0.3 is 0 Å². The van der Waals surface area contributed by atoms with Crippen LogP contribution in [0.25, 0.3) is 0 Å². The van der Waals surface area contributed by atoms with E-state index in [1.54, 1.807) is 47.4 Å². The summed E-state index contributed by atoms with van der Waals surface area (Å²) >= 11 is 0. The summed E-state index contributed by atoms with van der Waals surface area (Å²) in [6, 6.07) is -0.146. The van der Waals surface area contributed by atoms with Crippen molar-refractivity contribution < 1.29 is 9.59 Å². The van der Waals surface area contributed by atoms with Crippen molar-refractivity contribution in [3.05, 3.63) is 42.2 Å². The molecule has 35 heavy (non-hydrogen) atoms. The van der Waals surface area contributed by atoms with Crippen LogP contribution < -0.4 is 21.3 Å². The van der Waals surface area contributed by atoms with Gasteiger partial charge in [-0.15, -0.1) is 0 Å². The first-order valence-electron chi connectivity index (χ1n) is 11.6. The van der Waals surface area contributed by atoms with Crippen LogP contribution in [-0.4, -0.2) is 60.0 Å². The second-order valence-electron chi connectivity index (χ2n) is 9.82. The van der Waals surface area contributed by atoms with Crippen molar-refractivity contribution in [1.82, 2.24) is 34.8 Å². The molecule has 0 aromatic carbocycles. The van der Waals surface area contributed by atoms with E-state index in [0.29, 0.717) is 17.1 Å². The molecule has 12 nitrogen and oxygen atoms in total. The van der Waals surface area contributed by atoms with Gasteiger partial charge in [0.15, 0.2) is 11.5 Å². The molecular weight excluding hydrogens is 448 g/mol. The minimum absolute atomic E-state index is 0.0444. The Balaban J connectivity index is 1.53. The maximum atomic E-state index is 12.9. The largest absolute Gasteiger partial charge is 0.364 e. The SMILES string of the molecule is C[C@@H]1[C@H](NC(=O)c2cnn(C(C)(C)C)c2)CCCN1c1cnc(C(N)=O)c(Nc2cnn(C)c2)n1. The molecule has 2 amide bonds. The fourth-order valence-electron chi connectivity index (χ4n) is 4.13. The number of hydrogen-bond donors (Lipinski definition) is 3. The Hall–Kier alpha value is -3.96. The number of nitrogens with zero attached hydrogens (tertiary/aromatic N) is 7. The van der Waals surface area contributed by atoms with Crippen LogP contribution in [0.15, 0.2) is 31.0 Å². The van der Waals surface area contributed by atoms with Gasteiger partial charge in [-0.2, -0.15) is 10.2 Å². The van der Waals surface area contributed by atoms with Gasteiger partial charge in [0.05, 0.1) is 35.4 Å². The van der Waals surface area contributed by atoms with Gasteiger partial charge in [0.1, 0.15) is 5.82 Å². The van der Waals surface area contributed by atoms with Crippen LogP contribution in [0, 0.1) is 0 Å². The molecule has 4 heterocycles. The Labute approximate surface area is 203 Å². The number of hydrogen-bond acceptors (Lipinski definition) is 8. The van der Waals surface area contributed by atoms with E-state index in [2.05, 4.69) is 35.7 Å². The van der Waals surface area contributed by atoms with E-state index in [9.17, 15) is 9.59 Å². The van der Waals surface area contributed by atoms with Crippen LogP contribution in [0.3, 0.4) is 0 Å². The summed E-state index contributed by atoms with van der Waals surface area (Å²) in [6.45, 7) is 8.88. The van der Waals surface area contributed by atoms with E-state index in [1.807, 2.05) is 27.7 Å². The predicted octanol–water partition coefficient (Wildman–Crippen LogP) is 1.79. The average Bonchev–Trinajstić information content (AvgIpc) is 3.44. The second kappa shape index (κ2) is 9.35. The smallest absolute Gasteiger partial charge is 0.271 e. The molecule has 186 valence electrons. The minimum atomic E-state index is -0.678. The number of nitrogens with two attached hydrogens (primary N) is 1. The summed E-state index contributed by atoms with van der Waals surface area (Å²) in [4.78, 5) is 35.9. The molecule has 3 aromatic heterocycles. The molecule has 1 aliphatic rings. The Kier molecular flexibility index (Phi) is 6.46. The van der Waals surface area contributed by atoms with E-state index >= 15 is 0 Å². The monoisotopic (exact) mass is 480 g/mol. The topological polar surface area (TPSA) is 149 Å². The number of primary amides is 1. The second-order valence-corrected chi connectivity index (χ2v) is 9.82. The van der Waals surface area contributed by atoms with Crippen molar-refractivity contribution in [3.8, 4) is 0 Å². The summed E-state index contributed by atoms with van der Waals surface area (Å²) in [5, 5.41) is 14.7. The molecule has 4 rings (SSSR count). The van der Waals surface area contributed by atoms with E-state index in [4.69, 9.17) is 5.73 Å². The van der Waals surface area contributed by atoms with E-state index in [1.165, 1.54) is 0 Å². The molecule has 0 unspecified atom stereocenters. The maximum Gasteiger partial charge on any atom is 0.271 e. The van der Waals surface area contributed by atoms with Crippen LogP contribution in [0.1, 0.15) is 61.4 Å². The van der Waals surface area contributed by atoms with Gasteiger partial charge in [-0.3, -0.25) is 19.0 Å². The summed E-state index contributed by atoms with van der Waals surface area (Å²) < 4.78 is 3.42. The van der Waals surface area contributed by atoms with Gasteiger partial charge < -0.3 is 21.3 Å². The molecule has 0 aliphatic carbocycles. The first kappa shape index (κ1) is 24.2. The van der Waals surface area contributed by atoms with E-state index in [-0.39, 0.29) is 35.0 Å². The van der Waals surface area contributed by atoms with Gasteiger partial charge in [-0.25, -0.2) is 9.97 Å². The molecule has 1 fully saturated rings. The zero-order valence-electron chi connectivity index (χ0n) is 20.7. The summed E-state index contributed by atoms with van der Waals surface area (Å²) in [5.41, 5.74) is 6.55. The molecule has 0 saturated carbocycles. The summed E-state index contributed by atoms with van der Waals surface area (Å²) in [6.07, 6.45) is 9.99. The van der Waals surface area contributed by atoms with Crippen LogP contribution in [0.2, 0.25) is 0 Å². The Bertz CT molecular complexity index is 1230. The summed E-state index contributed by atoms with van der Waals surface area (Å²) in [7, 11) is 1.79. The fraction of sp³-hybridized carbons (Fsp3) is 0.478. The van der Waals surface area contributed by atoms with Gasteiger partial charge in [0.2, 0.25) is 0 Å². The quantitative estimate of drug-likeness (QED) is 0.483. The number of carbonyl (C=O) groups excluding carboxylic acids is 2. The third-order valence-corrected chi connectivity index (χ3v) is 6.09. The number of rotatable bonds is 6. The van der Waals surface area contributed by atoms with Crippen molar-refractivity contribution in [1.29, 1.82) is 0 Å². The zero-order chi connectivity index (χ0) is 25.3. The normalized spacial score (nSPS) is 18.4. The van der Waals surface area contributed by atoms with Gasteiger partial charge in [0.25, 0.3) is 11.8 Å². The first-order chi connectivity index (χ1) is 16.5. The minimum Gasteiger partial charge on any atom is -0.364 e. The highest BCUT2D eigenvalue weighted by atomic mass is 16.2. The van der Waals surface area contributed by atoms with Crippen molar-refractivity contribution in [2.24, 2.45) is 12.8 Å². The van der Waals surface area contributed by atoms with E-state index in [0.717, 1.165) is 19.4 Å². The molecular formula is C23H32N10O2. The van der Waals surface area contributed by atoms with Crippen molar-refractivity contribution in [2.75, 3.05) is 16.8 Å². The number of nitrogens with one attached hydrogen (secondary N) is 2. The van der Waals surface area contributed by atoms with Crippen molar-refractivity contribution in [2.45, 2.75) is 58.2 Å². The third-order valence-electron chi connectivity index (χ3n) is 6.09. The molecule has 2 atom stereocenters. The number of amides is 2. The third kappa shape index (κ3) is 5.26. The zero-order valence-corrected chi connectivity index (χ0v) is 20.7. The highest BCUT2D eigenvalue weighted by Gasteiger charge is 2.31. The predicted molar refractivity (Wildman–Crippen MR) is 132 cm³/mol.